The lowest BCUT2D eigenvalue weighted by molar-refractivity contribution is -0.120. The minimum absolute atomic E-state index is 0.0196. The van der Waals surface area contributed by atoms with Crippen molar-refractivity contribution in [1.29, 1.82) is 0 Å². The average Bonchev–Trinajstić information content (AvgIpc) is 2.47. The first-order valence-electron chi connectivity index (χ1n) is 6.73. The second-order valence-electron chi connectivity index (χ2n) is 5.10. The van der Waals surface area contributed by atoms with E-state index < -0.39 is 5.60 Å². The molecule has 0 radical (unpaired) electrons. The van der Waals surface area contributed by atoms with Crippen LogP contribution in [0.4, 0.5) is 5.69 Å². The minimum Gasteiger partial charge on any atom is -0.497 e. The highest BCUT2D eigenvalue weighted by molar-refractivity contribution is 5.91. The molecule has 0 heterocycles. The number of methoxy groups -OCH3 is 1. The maximum Gasteiger partial charge on any atom is 0.227 e. The Labute approximate surface area is 124 Å². The number of hydrogen-bond acceptors (Lipinski definition) is 3. The lowest BCUT2D eigenvalue weighted by Gasteiger charge is -2.23. The third kappa shape index (κ3) is 4.07. The SMILES string of the molecule is COc1cccc(NC(=O)CC(C)(O)c2ccccc2)c1. The highest BCUT2D eigenvalue weighted by Gasteiger charge is 2.26. The zero-order valence-corrected chi connectivity index (χ0v) is 12.2. The first kappa shape index (κ1) is 15.1. The van der Waals surface area contributed by atoms with Crippen molar-refractivity contribution in [2.24, 2.45) is 0 Å². The molecular weight excluding hydrogens is 266 g/mol. The Balaban J connectivity index is 2.04. The quantitative estimate of drug-likeness (QED) is 0.888. The molecule has 0 aliphatic heterocycles. The Morgan fingerprint density at radius 3 is 2.57 bits per heavy atom. The molecule has 1 amide bonds. The molecule has 2 aromatic carbocycles. The van der Waals surface area contributed by atoms with Gasteiger partial charge < -0.3 is 15.2 Å². The van der Waals surface area contributed by atoms with E-state index in [0.717, 1.165) is 0 Å². The Kier molecular flexibility index (Phi) is 4.60. The molecule has 21 heavy (non-hydrogen) atoms. The van der Waals surface area contributed by atoms with Crippen LogP contribution in [-0.4, -0.2) is 18.1 Å². The van der Waals surface area contributed by atoms with Crippen LogP contribution in [0.5, 0.6) is 5.75 Å². The topological polar surface area (TPSA) is 58.6 Å². The van der Waals surface area contributed by atoms with Crippen LogP contribution in [0, 0.1) is 0 Å². The summed E-state index contributed by atoms with van der Waals surface area (Å²) in [6.45, 7) is 1.63. The van der Waals surface area contributed by atoms with Gasteiger partial charge in [-0.05, 0) is 24.6 Å². The first-order chi connectivity index (χ1) is 10.0. The molecule has 0 aliphatic carbocycles. The van der Waals surface area contributed by atoms with Gasteiger partial charge in [0.1, 0.15) is 5.75 Å². The molecule has 0 saturated carbocycles. The molecule has 1 unspecified atom stereocenters. The average molecular weight is 285 g/mol. The van der Waals surface area contributed by atoms with Crippen molar-refractivity contribution in [2.45, 2.75) is 18.9 Å². The van der Waals surface area contributed by atoms with E-state index in [2.05, 4.69) is 5.32 Å². The van der Waals surface area contributed by atoms with Crippen molar-refractivity contribution < 1.29 is 14.6 Å². The van der Waals surface area contributed by atoms with Crippen LogP contribution in [0.3, 0.4) is 0 Å². The summed E-state index contributed by atoms with van der Waals surface area (Å²) < 4.78 is 5.11. The van der Waals surface area contributed by atoms with Crippen LogP contribution in [0.1, 0.15) is 18.9 Å². The Morgan fingerprint density at radius 1 is 1.19 bits per heavy atom. The smallest absolute Gasteiger partial charge is 0.227 e. The minimum atomic E-state index is -1.20. The molecule has 0 saturated heterocycles. The number of carbonyl (C=O) groups is 1. The second-order valence-corrected chi connectivity index (χ2v) is 5.10. The number of amides is 1. The molecule has 0 aliphatic rings. The monoisotopic (exact) mass is 285 g/mol. The summed E-state index contributed by atoms with van der Waals surface area (Å²) in [7, 11) is 1.57. The summed E-state index contributed by atoms with van der Waals surface area (Å²) in [4.78, 5) is 12.1. The molecule has 4 heteroatoms. The predicted molar refractivity (Wildman–Crippen MR) is 82.3 cm³/mol. The number of carbonyl (C=O) groups excluding carboxylic acids is 1. The first-order valence-corrected chi connectivity index (χ1v) is 6.73. The molecule has 4 nitrogen and oxygen atoms in total. The van der Waals surface area contributed by atoms with E-state index in [-0.39, 0.29) is 12.3 Å². The number of ether oxygens (including phenoxy) is 1. The molecular formula is C17H19NO3. The molecule has 0 aromatic heterocycles. The van der Waals surface area contributed by atoms with Gasteiger partial charge in [0.25, 0.3) is 0 Å². The van der Waals surface area contributed by atoms with Gasteiger partial charge in [-0.25, -0.2) is 0 Å². The fourth-order valence-corrected chi connectivity index (χ4v) is 2.12. The van der Waals surface area contributed by atoms with Gasteiger partial charge in [0, 0.05) is 11.8 Å². The molecule has 0 bridgehead atoms. The molecule has 110 valence electrons. The summed E-state index contributed by atoms with van der Waals surface area (Å²) in [6.07, 6.45) is -0.0196. The summed E-state index contributed by atoms with van der Waals surface area (Å²) in [5, 5.41) is 13.2. The Hall–Kier alpha value is -2.33. The fourth-order valence-electron chi connectivity index (χ4n) is 2.12. The summed E-state index contributed by atoms with van der Waals surface area (Å²) >= 11 is 0. The van der Waals surface area contributed by atoms with Gasteiger partial charge in [0.2, 0.25) is 5.91 Å². The maximum absolute atomic E-state index is 12.1. The maximum atomic E-state index is 12.1. The molecule has 2 aromatic rings. The highest BCUT2D eigenvalue weighted by Crippen LogP contribution is 2.25. The summed E-state index contributed by atoms with van der Waals surface area (Å²) in [6, 6.07) is 16.3. The van der Waals surface area contributed by atoms with Gasteiger partial charge >= 0.3 is 0 Å². The highest BCUT2D eigenvalue weighted by atomic mass is 16.5. The number of nitrogens with one attached hydrogen (secondary N) is 1. The predicted octanol–water partition coefficient (Wildman–Crippen LogP) is 2.93. The summed E-state index contributed by atoms with van der Waals surface area (Å²) in [5.41, 5.74) is 0.151. The summed E-state index contributed by atoms with van der Waals surface area (Å²) in [5.74, 6) is 0.416. The zero-order chi connectivity index (χ0) is 15.3. The van der Waals surface area contributed by atoms with E-state index in [9.17, 15) is 9.90 Å². The second kappa shape index (κ2) is 6.41. The van der Waals surface area contributed by atoms with E-state index in [1.807, 2.05) is 18.2 Å². The van der Waals surface area contributed by atoms with Crippen LogP contribution < -0.4 is 10.1 Å². The van der Waals surface area contributed by atoms with Crippen LogP contribution in [0.2, 0.25) is 0 Å². The van der Waals surface area contributed by atoms with Crippen LogP contribution in [0.15, 0.2) is 54.6 Å². The van der Waals surface area contributed by atoms with Crippen molar-refractivity contribution >= 4 is 11.6 Å². The molecule has 0 spiro atoms. The standard InChI is InChI=1S/C17H19NO3/c1-17(20,13-7-4-3-5-8-13)12-16(19)18-14-9-6-10-15(11-14)21-2/h3-11,20H,12H2,1-2H3,(H,18,19). The van der Waals surface area contributed by atoms with Gasteiger partial charge in [0.15, 0.2) is 0 Å². The largest absolute Gasteiger partial charge is 0.497 e. The van der Waals surface area contributed by atoms with Gasteiger partial charge in [-0.3, -0.25) is 4.79 Å². The van der Waals surface area contributed by atoms with Crippen molar-refractivity contribution in [1.82, 2.24) is 0 Å². The van der Waals surface area contributed by atoms with Gasteiger partial charge in [-0.1, -0.05) is 36.4 Å². The third-order valence-electron chi connectivity index (χ3n) is 3.25. The van der Waals surface area contributed by atoms with Crippen molar-refractivity contribution in [3.05, 3.63) is 60.2 Å². The van der Waals surface area contributed by atoms with Crippen LogP contribution in [-0.2, 0) is 10.4 Å². The number of anilines is 1. The normalized spacial score (nSPS) is 13.3. The van der Waals surface area contributed by atoms with E-state index in [1.54, 1.807) is 50.4 Å². The zero-order valence-electron chi connectivity index (χ0n) is 12.2. The lowest BCUT2D eigenvalue weighted by atomic mass is 9.92. The Morgan fingerprint density at radius 2 is 1.90 bits per heavy atom. The van der Waals surface area contributed by atoms with Crippen LogP contribution in [0.25, 0.3) is 0 Å². The molecule has 0 fully saturated rings. The van der Waals surface area contributed by atoms with E-state index >= 15 is 0 Å². The van der Waals surface area contributed by atoms with E-state index in [0.29, 0.717) is 17.0 Å². The lowest BCUT2D eigenvalue weighted by Crippen LogP contribution is -2.28. The van der Waals surface area contributed by atoms with E-state index in [4.69, 9.17) is 4.74 Å². The number of rotatable bonds is 5. The Bertz CT molecular complexity index is 608. The number of hydrogen-bond donors (Lipinski definition) is 2. The third-order valence-corrected chi connectivity index (χ3v) is 3.25. The van der Waals surface area contributed by atoms with Crippen molar-refractivity contribution in [3.8, 4) is 5.75 Å². The van der Waals surface area contributed by atoms with Gasteiger partial charge in [-0.15, -0.1) is 0 Å². The molecule has 2 N–H and O–H groups in total. The molecule has 2 rings (SSSR count). The molecule has 1 atom stereocenters. The number of benzene rings is 2. The van der Waals surface area contributed by atoms with Gasteiger partial charge in [0.05, 0.1) is 19.1 Å². The number of aliphatic hydroxyl groups is 1. The van der Waals surface area contributed by atoms with E-state index in [1.165, 1.54) is 0 Å². The van der Waals surface area contributed by atoms with Crippen molar-refractivity contribution in [3.63, 3.8) is 0 Å². The van der Waals surface area contributed by atoms with Crippen LogP contribution >= 0.6 is 0 Å². The fraction of sp³-hybridized carbons (Fsp3) is 0.235. The van der Waals surface area contributed by atoms with Gasteiger partial charge in [-0.2, -0.15) is 0 Å². The van der Waals surface area contributed by atoms with Crippen molar-refractivity contribution in [2.75, 3.05) is 12.4 Å².